The van der Waals surface area contributed by atoms with E-state index in [1.165, 1.54) is 4.90 Å². The zero-order valence-electron chi connectivity index (χ0n) is 34.9. The van der Waals surface area contributed by atoms with Gasteiger partial charge in [0.15, 0.2) is 0 Å². The predicted octanol–water partition coefficient (Wildman–Crippen LogP) is 7.17. The fourth-order valence-corrected chi connectivity index (χ4v) is 9.49. The Morgan fingerprint density at radius 2 is 1.69 bits per heavy atom. The first-order chi connectivity index (χ1) is 30.0. The van der Waals surface area contributed by atoms with Gasteiger partial charge in [-0.25, -0.2) is 15.0 Å². The first-order valence-corrected chi connectivity index (χ1v) is 21.9. The third kappa shape index (κ3) is 8.14. The molecule has 0 radical (unpaired) electrons. The summed E-state index contributed by atoms with van der Waals surface area (Å²) < 4.78 is 5.82. The number of piperidine rings is 1. The SMILES string of the molecule is Cc1ncsc1-c1ccc([C@H](C)NC(=O)[C@@H]2C[C@@H](O)CN2C(=O)[C@@H](c2cc(-c3cnc(N4CCC(c5cc6nnc(-c7ccccc7O)cc6[nH]5)CC4)nc3)no2)C(C)C)cc1. The number of aliphatic hydroxyl groups excluding tert-OH is 1. The molecule has 16 heteroatoms. The predicted molar refractivity (Wildman–Crippen MR) is 235 cm³/mol. The summed E-state index contributed by atoms with van der Waals surface area (Å²) in [6.07, 6.45) is 4.53. The zero-order valence-corrected chi connectivity index (χ0v) is 35.7. The summed E-state index contributed by atoms with van der Waals surface area (Å²) in [5, 5.41) is 37.2. The van der Waals surface area contributed by atoms with Crippen LogP contribution in [-0.4, -0.2) is 94.0 Å². The van der Waals surface area contributed by atoms with Crippen LogP contribution in [0.1, 0.15) is 80.6 Å². The minimum Gasteiger partial charge on any atom is -0.507 e. The molecule has 2 fully saturated rings. The van der Waals surface area contributed by atoms with Gasteiger partial charge < -0.3 is 34.8 Å². The van der Waals surface area contributed by atoms with Crippen LogP contribution in [0.3, 0.4) is 0 Å². The number of aliphatic hydroxyl groups is 1. The fourth-order valence-electron chi connectivity index (χ4n) is 8.68. The van der Waals surface area contributed by atoms with Crippen molar-refractivity contribution in [2.75, 3.05) is 24.5 Å². The molecule has 0 aliphatic carbocycles. The van der Waals surface area contributed by atoms with E-state index in [2.05, 4.69) is 51.6 Å². The lowest BCUT2D eigenvalue weighted by molar-refractivity contribution is -0.141. The quantitative estimate of drug-likeness (QED) is 0.102. The highest BCUT2D eigenvalue weighted by Gasteiger charge is 2.43. The number of fused-ring (bicyclic) bond motifs is 1. The van der Waals surface area contributed by atoms with Crippen LogP contribution >= 0.6 is 11.3 Å². The number of likely N-dealkylation sites (tertiary alicyclic amines) is 1. The number of amides is 2. The molecular formula is C46H48N10O5S. The summed E-state index contributed by atoms with van der Waals surface area (Å²) in [4.78, 5) is 50.0. The van der Waals surface area contributed by atoms with Crippen molar-refractivity contribution < 1.29 is 24.3 Å². The number of aromatic nitrogens is 7. The van der Waals surface area contributed by atoms with Crippen LogP contribution in [0.2, 0.25) is 0 Å². The molecule has 0 unspecified atom stereocenters. The number of aromatic amines is 1. The summed E-state index contributed by atoms with van der Waals surface area (Å²) in [5.41, 5.74) is 9.96. The van der Waals surface area contributed by atoms with Crippen molar-refractivity contribution in [1.29, 1.82) is 0 Å². The van der Waals surface area contributed by atoms with Crippen molar-refractivity contribution in [3.05, 3.63) is 107 Å². The van der Waals surface area contributed by atoms with Crippen LogP contribution in [0.15, 0.2) is 89.2 Å². The van der Waals surface area contributed by atoms with E-state index in [0.29, 0.717) is 40.1 Å². The van der Waals surface area contributed by atoms with Crippen LogP contribution in [0.5, 0.6) is 5.75 Å². The molecule has 9 rings (SSSR count). The van der Waals surface area contributed by atoms with Crippen LogP contribution in [-0.2, 0) is 9.59 Å². The van der Waals surface area contributed by atoms with E-state index < -0.39 is 18.1 Å². The minimum atomic E-state index is -0.838. The van der Waals surface area contributed by atoms with E-state index in [1.54, 1.807) is 41.9 Å². The number of carbonyl (C=O) groups is 2. The van der Waals surface area contributed by atoms with Crippen molar-refractivity contribution in [2.24, 2.45) is 5.92 Å². The number of rotatable bonds is 11. The topological polar surface area (TPSA) is 199 Å². The number of phenolic OH excluding ortho intramolecular Hbond substituents is 1. The number of nitrogens with zero attached hydrogens (tertiary/aromatic N) is 8. The molecule has 4 N–H and O–H groups in total. The van der Waals surface area contributed by atoms with Gasteiger partial charge >= 0.3 is 0 Å². The smallest absolute Gasteiger partial charge is 0.243 e. The fraction of sp³-hybridized carbons (Fsp3) is 0.348. The summed E-state index contributed by atoms with van der Waals surface area (Å²) in [6, 6.07) is 19.7. The maximum Gasteiger partial charge on any atom is 0.243 e. The van der Waals surface area contributed by atoms with Gasteiger partial charge in [0, 0.05) is 67.3 Å². The first kappa shape index (κ1) is 40.9. The third-order valence-electron chi connectivity index (χ3n) is 12.1. The van der Waals surface area contributed by atoms with E-state index in [4.69, 9.17) is 4.52 Å². The number of hydrogen-bond acceptors (Lipinski definition) is 13. The average Bonchev–Trinajstić information content (AvgIpc) is 4.11. The number of H-pyrrole nitrogens is 1. The van der Waals surface area contributed by atoms with Crippen LogP contribution < -0.4 is 10.2 Å². The van der Waals surface area contributed by atoms with E-state index in [0.717, 1.165) is 64.4 Å². The monoisotopic (exact) mass is 852 g/mol. The Bertz CT molecular complexity index is 2700. The lowest BCUT2D eigenvalue weighted by Gasteiger charge is -2.31. The second-order valence-corrected chi connectivity index (χ2v) is 17.5. The Labute approximate surface area is 362 Å². The maximum absolute atomic E-state index is 14.3. The highest BCUT2D eigenvalue weighted by molar-refractivity contribution is 7.13. The number of para-hydroxylation sites is 1. The molecular weight excluding hydrogens is 805 g/mol. The Morgan fingerprint density at radius 3 is 2.40 bits per heavy atom. The molecule has 0 saturated carbocycles. The number of anilines is 1. The molecule has 2 aliphatic heterocycles. The molecule has 318 valence electrons. The number of aryl methyl sites for hydroxylation is 1. The number of phenols is 1. The molecule has 4 atom stereocenters. The molecule has 0 bridgehead atoms. The Hall–Kier alpha value is -6.52. The van der Waals surface area contributed by atoms with Crippen molar-refractivity contribution in [3.8, 4) is 38.7 Å². The number of thiazole rings is 1. The lowest BCUT2D eigenvalue weighted by atomic mass is 9.91. The second-order valence-electron chi connectivity index (χ2n) is 16.7. The van der Waals surface area contributed by atoms with Crippen molar-refractivity contribution in [1.82, 2.24) is 45.5 Å². The van der Waals surface area contributed by atoms with Crippen LogP contribution in [0.4, 0.5) is 5.95 Å². The Kier molecular flexibility index (Phi) is 11.3. The average molecular weight is 853 g/mol. The number of aromatic hydroxyl groups is 1. The number of nitrogens with one attached hydrogen (secondary N) is 2. The molecule has 0 spiro atoms. The molecule has 15 nitrogen and oxygen atoms in total. The number of hydrogen-bond donors (Lipinski definition) is 4. The van der Waals surface area contributed by atoms with Crippen LogP contribution in [0.25, 0.3) is 44.0 Å². The summed E-state index contributed by atoms with van der Waals surface area (Å²) >= 11 is 1.59. The van der Waals surface area contributed by atoms with Gasteiger partial charge in [-0.2, -0.15) is 0 Å². The van der Waals surface area contributed by atoms with E-state index >= 15 is 0 Å². The molecule has 2 saturated heterocycles. The summed E-state index contributed by atoms with van der Waals surface area (Å²) in [7, 11) is 0. The number of benzene rings is 2. The number of β-amino-alcohol motifs (C(OH)–C–C–N with tert-alkyl or cyclic N) is 1. The van der Waals surface area contributed by atoms with Crippen molar-refractivity contribution in [3.63, 3.8) is 0 Å². The lowest BCUT2D eigenvalue weighted by Crippen LogP contribution is -2.48. The van der Waals surface area contributed by atoms with E-state index in [-0.39, 0.29) is 42.5 Å². The van der Waals surface area contributed by atoms with Crippen molar-refractivity contribution in [2.45, 2.75) is 77.0 Å². The second kappa shape index (κ2) is 17.1. The normalized spacial score (nSPS) is 18.1. The van der Waals surface area contributed by atoms with Gasteiger partial charge in [-0.1, -0.05) is 55.4 Å². The standard InChI is InChI=1S/C46H48N10O5S/c1-25(2)42(45(60)56-23-32(57)17-39(56)44(59)50-26(3)28-9-11-30(12-10-28)43-27(4)49-24-62-43)41-20-35(54-61-41)31-21-47-46(48-22-31)55-15-13-29(14-16-55)34-18-38-37(51-34)19-36(52-53-38)33-7-5-6-8-40(33)58/h5-12,18-22,24-26,29,32,39,42,51,57-58H,13-17,23H2,1-4H3,(H,50,59)/t26-,32+,39-,42+/m0/s1. The minimum absolute atomic E-state index is 0.0448. The summed E-state index contributed by atoms with van der Waals surface area (Å²) in [5.74, 6) is -0.0881. The van der Waals surface area contributed by atoms with Gasteiger partial charge in [0.1, 0.15) is 34.7 Å². The van der Waals surface area contributed by atoms with Crippen LogP contribution in [0, 0.1) is 12.8 Å². The van der Waals surface area contributed by atoms with Gasteiger partial charge in [-0.15, -0.1) is 21.5 Å². The molecule has 5 aromatic heterocycles. The summed E-state index contributed by atoms with van der Waals surface area (Å²) in [6.45, 7) is 9.32. The third-order valence-corrected chi connectivity index (χ3v) is 13.1. The molecule has 2 aromatic carbocycles. The van der Waals surface area contributed by atoms with E-state index in [9.17, 15) is 19.8 Å². The molecule has 7 heterocycles. The molecule has 2 amide bonds. The van der Waals surface area contributed by atoms with Gasteiger partial charge in [-0.05, 0) is 68.0 Å². The number of carbonyl (C=O) groups excluding carboxylic acids is 2. The van der Waals surface area contributed by atoms with Crippen molar-refractivity contribution >= 4 is 40.1 Å². The van der Waals surface area contributed by atoms with E-state index in [1.807, 2.05) is 75.7 Å². The highest BCUT2D eigenvalue weighted by atomic mass is 32.1. The molecule has 2 aliphatic rings. The Morgan fingerprint density at radius 1 is 0.935 bits per heavy atom. The Balaban J connectivity index is 0.824. The maximum atomic E-state index is 14.3. The first-order valence-electron chi connectivity index (χ1n) is 21.0. The van der Waals surface area contributed by atoms with Gasteiger partial charge in [0.05, 0.1) is 39.4 Å². The highest BCUT2D eigenvalue weighted by Crippen LogP contribution is 2.36. The molecule has 7 aromatic rings. The van der Waals surface area contributed by atoms with Gasteiger partial charge in [-0.3, -0.25) is 9.59 Å². The van der Waals surface area contributed by atoms with Gasteiger partial charge in [0.25, 0.3) is 0 Å². The molecule has 62 heavy (non-hydrogen) atoms. The largest absolute Gasteiger partial charge is 0.507 e. The van der Waals surface area contributed by atoms with Gasteiger partial charge in [0.2, 0.25) is 17.8 Å². The zero-order chi connectivity index (χ0) is 43.1.